The number of carbonyl (C=O) groups is 1. The Hall–Kier alpha value is -1.35. The van der Waals surface area contributed by atoms with E-state index in [4.69, 9.17) is 0 Å². The van der Waals surface area contributed by atoms with Crippen molar-refractivity contribution in [1.29, 1.82) is 0 Å². The number of hydrogen-bond acceptors (Lipinski definition) is 2. The van der Waals surface area contributed by atoms with Gasteiger partial charge in [0.05, 0.1) is 6.54 Å². The molecule has 1 aromatic carbocycles. The molecular formula is C17H28N2O. The molecule has 0 heterocycles. The molecule has 0 spiro atoms. The zero-order valence-corrected chi connectivity index (χ0v) is 13.2. The van der Waals surface area contributed by atoms with E-state index in [1.54, 1.807) is 0 Å². The van der Waals surface area contributed by atoms with Crippen LogP contribution in [0.25, 0.3) is 0 Å². The maximum Gasteiger partial charge on any atom is 0.237 e. The van der Waals surface area contributed by atoms with Gasteiger partial charge in [0.15, 0.2) is 0 Å². The summed E-state index contributed by atoms with van der Waals surface area (Å²) in [6, 6.07) is 10.8. The number of hydrogen-bond donors (Lipinski definition) is 1. The van der Waals surface area contributed by atoms with Crippen molar-refractivity contribution in [3.05, 3.63) is 35.9 Å². The Morgan fingerprint density at radius 1 is 1.15 bits per heavy atom. The number of carbonyl (C=O) groups excluding carboxylic acids is 1. The Morgan fingerprint density at radius 2 is 1.80 bits per heavy atom. The van der Waals surface area contributed by atoms with Crippen molar-refractivity contribution in [2.75, 3.05) is 6.54 Å². The minimum Gasteiger partial charge on any atom is -0.335 e. The summed E-state index contributed by atoms with van der Waals surface area (Å²) in [6.45, 7) is 9.59. The van der Waals surface area contributed by atoms with Crippen molar-refractivity contribution in [2.24, 2.45) is 0 Å². The van der Waals surface area contributed by atoms with Crippen molar-refractivity contribution in [1.82, 2.24) is 10.2 Å². The molecule has 1 rings (SSSR count). The molecule has 20 heavy (non-hydrogen) atoms. The third-order valence-electron chi connectivity index (χ3n) is 3.85. The molecule has 0 aliphatic heterocycles. The Morgan fingerprint density at radius 3 is 2.35 bits per heavy atom. The van der Waals surface area contributed by atoms with E-state index in [1.807, 2.05) is 23.1 Å². The fourth-order valence-electron chi connectivity index (χ4n) is 2.00. The largest absolute Gasteiger partial charge is 0.335 e. The number of rotatable bonds is 8. The maximum absolute atomic E-state index is 12.4. The van der Waals surface area contributed by atoms with E-state index in [0.717, 1.165) is 12.8 Å². The lowest BCUT2D eigenvalue weighted by Gasteiger charge is -2.29. The monoisotopic (exact) mass is 276 g/mol. The lowest BCUT2D eigenvalue weighted by molar-refractivity contribution is -0.133. The van der Waals surface area contributed by atoms with Crippen LogP contribution in [0.2, 0.25) is 0 Å². The molecule has 3 heteroatoms. The molecule has 0 saturated heterocycles. The van der Waals surface area contributed by atoms with Crippen LogP contribution >= 0.6 is 0 Å². The van der Waals surface area contributed by atoms with Crippen LogP contribution in [-0.2, 0) is 11.3 Å². The van der Waals surface area contributed by atoms with Gasteiger partial charge in [0, 0.05) is 18.6 Å². The van der Waals surface area contributed by atoms with Crippen LogP contribution in [0.15, 0.2) is 30.3 Å². The third-order valence-corrected chi connectivity index (χ3v) is 3.85. The predicted octanol–water partition coefficient (Wildman–Crippen LogP) is 3.20. The molecule has 1 amide bonds. The van der Waals surface area contributed by atoms with Crippen LogP contribution in [-0.4, -0.2) is 29.4 Å². The van der Waals surface area contributed by atoms with Gasteiger partial charge >= 0.3 is 0 Å². The summed E-state index contributed by atoms with van der Waals surface area (Å²) in [6.07, 6.45) is 2.01. The Balaban J connectivity index is 2.66. The van der Waals surface area contributed by atoms with Gasteiger partial charge in [-0.3, -0.25) is 4.79 Å². The molecule has 0 fully saturated rings. The van der Waals surface area contributed by atoms with Crippen molar-refractivity contribution >= 4 is 5.91 Å². The minimum absolute atomic E-state index is 0.184. The molecule has 0 bridgehead atoms. The summed E-state index contributed by atoms with van der Waals surface area (Å²) >= 11 is 0. The van der Waals surface area contributed by atoms with Gasteiger partial charge in [0.1, 0.15) is 0 Å². The summed E-state index contributed by atoms with van der Waals surface area (Å²) < 4.78 is 0. The summed E-state index contributed by atoms with van der Waals surface area (Å²) in [5, 5.41) is 3.29. The zero-order chi connectivity index (χ0) is 15.0. The Bertz CT molecular complexity index is 391. The average molecular weight is 276 g/mol. The van der Waals surface area contributed by atoms with Gasteiger partial charge in [-0.15, -0.1) is 0 Å². The van der Waals surface area contributed by atoms with E-state index < -0.39 is 0 Å². The van der Waals surface area contributed by atoms with Gasteiger partial charge in [-0.05, 0) is 32.3 Å². The van der Waals surface area contributed by atoms with Gasteiger partial charge in [0.25, 0.3) is 0 Å². The number of nitrogens with one attached hydrogen (secondary N) is 1. The van der Waals surface area contributed by atoms with Crippen molar-refractivity contribution < 1.29 is 4.79 Å². The predicted molar refractivity (Wildman–Crippen MR) is 84.5 cm³/mol. The van der Waals surface area contributed by atoms with E-state index in [9.17, 15) is 4.79 Å². The first-order valence-corrected chi connectivity index (χ1v) is 7.65. The average Bonchev–Trinajstić information content (AvgIpc) is 2.50. The molecule has 1 N–H and O–H groups in total. The van der Waals surface area contributed by atoms with Crippen LogP contribution in [0.1, 0.15) is 46.1 Å². The normalized spacial score (nSPS) is 13.8. The van der Waals surface area contributed by atoms with Crippen LogP contribution < -0.4 is 5.32 Å². The first-order chi connectivity index (χ1) is 9.58. The number of nitrogens with zero attached hydrogens (tertiary/aromatic N) is 1. The van der Waals surface area contributed by atoms with Gasteiger partial charge in [-0.2, -0.15) is 0 Å². The summed E-state index contributed by atoms with van der Waals surface area (Å²) in [4.78, 5) is 14.4. The maximum atomic E-state index is 12.4. The van der Waals surface area contributed by atoms with Crippen molar-refractivity contribution in [2.45, 2.75) is 59.2 Å². The van der Waals surface area contributed by atoms with Gasteiger partial charge in [-0.1, -0.05) is 44.2 Å². The molecule has 0 aromatic heterocycles. The molecule has 0 radical (unpaired) electrons. The van der Waals surface area contributed by atoms with Crippen LogP contribution in [0.4, 0.5) is 0 Å². The summed E-state index contributed by atoms with van der Waals surface area (Å²) in [7, 11) is 0. The fraction of sp³-hybridized carbons (Fsp3) is 0.588. The zero-order valence-electron chi connectivity index (χ0n) is 13.2. The summed E-state index contributed by atoms with van der Waals surface area (Å²) in [5.41, 5.74) is 1.18. The minimum atomic E-state index is 0.184. The molecule has 1 aromatic rings. The lowest BCUT2D eigenvalue weighted by Crippen LogP contribution is -2.44. The van der Waals surface area contributed by atoms with E-state index in [1.165, 1.54) is 5.56 Å². The first-order valence-electron chi connectivity index (χ1n) is 7.65. The Kier molecular flexibility index (Phi) is 7.31. The van der Waals surface area contributed by atoms with Gasteiger partial charge in [-0.25, -0.2) is 0 Å². The molecule has 0 aliphatic carbocycles. The smallest absolute Gasteiger partial charge is 0.237 e. The highest BCUT2D eigenvalue weighted by Gasteiger charge is 2.19. The summed E-state index contributed by atoms with van der Waals surface area (Å²) in [5.74, 6) is 0.184. The highest BCUT2D eigenvalue weighted by Crippen LogP contribution is 2.11. The highest BCUT2D eigenvalue weighted by molar-refractivity contribution is 5.78. The van der Waals surface area contributed by atoms with Crippen LogP contribution in [0.3, 0.4) is 0 Å². The second-order valence-electron chi connectivity index (χ2n) is 5.45. The second-order valence-corrected chi connectivity index (χ2v) is 5.45. The quantitative estimate of drug-likeness (QED) is 0.791. The SMILES string of the molecule is CCC(C)NCC(=O)N(Cc1ccccc1)C(C)CC. The number of amides is 1. The molecule has 112 valence electrons. The lowest BCUT2D eigenvalue weighted by atomic mass is 10.1. The van der Waals surface area contributed by atoms with Crippen LogP contribution in [0.5, 0.6) is 0 Å². The van der Waals surface area contributed by atoms with E-state index in [-0.39, 0.29) is 11.9 Å². The van der Waals surface area contributed by atoms with Crippen LogP contribution in [0, 0.1) is 0 Å². The molecule has 3 nitrogen and oxygen atoms in total. The standard InChI is InChI=1S/C17H28N2O/c1-5-14(3)18-12-17(20)19(15(4)6-2)13-16-10-8-7-9-11-16/h7-11,14-15,18H,5-6,12-13H2,1-4H3. The molecular weight excluding hydrogens is 248 g/mol. The first kappa shape index (κ1) is 16.7. The molecule has 0 saturated carbocycles. The third kappa shape index (κ3) is 5.33. The van der Waals surface area contributed by atoms with Gasteiger partial charge in [0.2, 0.25) is 5.91 Å². The molecule has 2 unspecified atom stereocenters. The number of benzene rings is 1. The van der Waals surface area contributed by atoms with Crippen molar-refractivity contribution in [3.8, 4) is 0 Å². The fourth-order valence-corrected chi connectivity index (χ4v) is 2.00. The second kappa shape index (κ2) is 8.75. The van der Waals surface area contributed by atoms with Crippen molar-refractivity contribution in [3.63, 3.8) is 0 Å². The molecule has 2 atom stereocenters. The topological polar surface area (TPSA) is 32.3 Å². The Labute approximate surface area is 123 Å². The van der Waals surface area contributed by atoms with E-state index >= 15 is 0 Å². The van der Waals surface area contributed by atoms with E-state index in [0.29, 0.717) is 19.1 Å². The highest BCUT2D eigenvalue weighted by atomic mass is 16.2. The van der Waals surface area contributed by atoms with Gasteiger partial charge < -0.3 is 10.2 Å². The van der Waals surface area contributed by atoms with E-state index in [2.05, 4.69) is 45.1 Å². The molecule has 0 aliphatic rings.